The lowest BCUT2D eigenvalue weighted by molar-refractivity contribution is -0.275. The van der Waals surface area contributed by atoms with Crippen LogP contribution in [-0.2, 0) is 5.41 Å². The minimum Gasteiger partial charge on any atom is -0.454 e. The van der Waals surface area contributed by atoms with Crippen LogP contribution in [0.2, 0.25) is 0 Å². The van der Waals surface area contributed by atoms with Gasteiger partial charge in [0.2, 0.25) is 12.7 Å². The molecule has 2 atom stereocenters. The van der Waals surface area contributed by atoms with Gasteiger partial charge in [0.25, 0.3) is 0 Å². The second-order valence-electron chi connectivity index (χ2n) is 9.96. The van der Waals surface area contributed by atoms with Crippen LogP contribution in [-0.4, -0.2) is 38.4 Å². The van der Waals surface area contributed by atoms with Gasteiger partial charge in [-0.05, 0) is 47.7 Å². The Hall–Kier alpha value is -3.86. The van der Waals surface area contributed by atoms with Crippen molar-refractivity contribution in [2.24, 2.45) is 0 Å². The fraction of sp³-hybridized carbons (Fsp3) is 0.308. The number of alkyl halides is 3. The van der Waals surface area contributed by atoms with Crippen LogP contribution in [0.4, 0.5) is 23.2 Å². The Balaban J connectivity index is 1.51. The molecule has 2 N–H and O–H groups in total. The van der Waals surface area contributed by atoms with E-state index in [0.717, 1.165) is 0 Å². The number of fused-ring (bicyclic) bond motifs is 4. The van der Waals surface area contributed by atoms with E-state index in [1.165, 1.54) is 29.2 Å². The van der Waals surface area contributed by atoms with Crippen LogP contribution in [0.25, 0.3) is 16.6 Å². The van der Waals surface area contributed by atoms with Crippen molar-refractivity contribution < 1.29 is 32.1 Å². The van der Waals surface area contributed by atoms with E-state index in [0.29, 0.717) is 39.3 Å². The van der Waals surface area contributed by atoms with Gasteiger partial charge in [-0.2, -0.15) is 22.7 Å². The Bertz CT molecular complexity index is 1520. The SMILES string of the molecule is CC1(C)CC(O)(C(F)(F)F)C(Nc2cccc3c2cnn3-c2ccc(F)nc2)c2ccc3c(c21)OCO3. The van der Waals surface area contributed by atoms with E-state index < -0.39 is 35.6 Å². The summed E-state index contributed by atoms with van der Waals surface area (Å²) in [5.41, 5.74) is -1.93. The molecule has 2 aliphatic rings. The van der Waals surface area contributed by atoms with Crippen LogP contribution in [0.3, 0.4) is 0 Å². The van der Waals surface area contributed by atoms with E-state index in [9.17, 15) is 22.7 Å². The molecule has 1 aliphatic heterocycles. The van der Waals surface area contributed by atoms with Crippen molar-refractivity contribution in [3.8, 4) is 17.2 Å². The number of halogens is 4. The van der Waals surface area contributed by atoms with Crippen molar-refractivity contribution >= 4 is 16.6 Å². The Morgan fingerprint density at radius 3 is 2.62 bits per heavy atom. The Labute approximate surface area is 208 Å². The largest absolute Gasteiger partial charge is 0.454 e. The summed E-state index contributed by atoms with van der Waals surface area (Å²) in [6.07, 6.45) is -2.72. The number of pyridine rings is 1. The summed E-state index contributed by atoms with van der Waals surface area (Å²) in [4.78, 5) is 3.65. The number of nitrogens with zero attached hydrogens (tertiary/aromatic N) is 3. The molecular formula is C26H22F4N4O3. The maximum atomic E-state index is 14.6. The van der Waals surface area contributed by atoms with Crippen molar-refractivity contribution in [2.45, 2.75) is 43.5 Å². The molecule has 4 aromatic rings. The first-order valence-corrected chi connectivity index (χ1v) is 11.6. The Kier molecular flexibility index (Phi) is 4.97. The van der Waals surface area contributed by atoms with E-state index in [1.54, 1.807) is 44.2 Å². The van der Waals surface area contributed by atoms with Crippen molar-refractivity contribution in [3.05, 3.63) is 71.9 Å². The molecule has 7 nitrogen and oxygen atoms in total. The number of hydrogen-bond donors (Lipinski definition) is 2. The molecule has 1 aliphatic carbocycles. The minimum absolute atomic E-state index is 0.0275. The maximum absolute atomic E-state index is 14.6. The molecule has 0 saturated heterocycles. The third kappa shape index (κ3) is 3.51. The van der Waals surface area contributed by atoms with Gasteiger partial charge in [0.05, 0.1) is 29.6 Å². The van der Waals surface area contributed by atoms with Gasteiger partial charge >= 0.3 is 6.18 Å². The average Bonchev–Trinajstić information content (AvgIpc) is 3.48. The molecular weight excluding hydrogens is 492 g/mol. The average molecular weight is 514 g/mol. The number of hydrogen-bond acceptors (Lipinski definition) is 6. The van der Waals surface area contributed by atoms with Gasteiger partial charge in [-0.15, -0.1) is 0 Å². The van der Waals surface area contributed by atoms with E-state index >= 15 is 0 Å². The third-order valence-corrected chi connectivity index (χ3v) is 7.11. The van der Waals surface area contributed by atoms with Gasteiger partial charge in [-0.3, -0.25) is 0 Å². The second kappa shape index (κ2) is 7.82. The summed E-state index contributed by atoms with van der Waals surface area (Å²) in [6.45, 7) is 3.28. The van der Waals surface area contributed by atoms with Crippen LogP contribution in [0, 0.1) is 5.95 Å². The third-order valence-electron chi connectivity index (χ3n) is 7.11. The molecule has 0 spiro atoms. The zero-order valence-corrected chi connectivity index (χ0v) is 19.8. The number of aromatic nitrogens is 3. The van der Waals surface area contributed by atoms with Crippen LogP contribution in [0.1, 0.15) is 37.4 Å². The highest BCUT2D eigenvalue weighted by molar-refractivity contribution is 5.92. The summed E-state index contributed by atoms with van der Waals surface area (Å²) in [6, 6.07) is 9.29. The number of nitrogens with one attached hydrogen (secondary N) is 1. The highest BCUT2D eigenvalue weighted by Gasteiger charge is 2.64. The zero-order chi connectivity index (χ0) is 26.2. The molecule has 3 heterocycles. The number of aliphatic hydroxyl groups is 1. The molecule has 0 amide bonds. The number of ether oxygens (including phenoxy) is 2. The van der Waals surface area contributed by atoms with Crippen molar-refractivity contribution in [1.29, 1.82) is 0 Å². The molecule has 11 heteroatoms. The standard InChI is InChI=1S/C26H22F4N4O3/c1-24(2)12-25(35,26(28,29)30)23(15-7-8-19-22(21(15)24)37-13-36-19)33-17-4-3-5-18-16(17)11-32-34(18)14-6-9-20(27)31-10-14/h3-11,23,33,35H,12-13H2,1-2H3. The summed E-state index contributed by atoms with van der Waals surface area (Å²) >= 11 is 0. The molecule has 0 saturated carbocycles. The monoisotopic (exact) mass is 514 g/mol. The van der Waals surface area contributed by atoms with Crippen LogP contribution >= 0.6 is 0 Å². The first kappa shape index (κ1) is 23.5. The molecule has 2 aromatic carbocycles. The fourth-order valence-electron chi connectivity index (χ4n) is 5.54. The predicted molar refractivity (Wildman–Crippen MR) is 126 cm³/mol. The highest BCUT2D eigenvalue weighted by atomic mass is 19.4. The zero-order valence-electron chi connectivity index (χ0n) is 19.8. The molecule has 6 rings (SSSR count). The maximum Gasteiger partial charge on any atom is 0.419 e. The number of benzene rings is 2. The predicted octanol–water partition coefficient (Wildman–Crippen LogP) is 5.42. The van der Waals surface area contributed by atoms with Gasteiger partial charge in [-0.25, -0.2) is 9.67 Å². The highest BCUT2D eigenvalue weighted by Crippen LogP contribution is 2.58. The van der Waals surface area contributed by atoms with Crippen molar-refractivity contribution in [1.82, 2.24) is 14.8 Å². The molecule has 192 valence electrons. The number of rotatable bonds is 3. The van der Waals surface area contributed by atoms with E-state index in [1.807, 2.05) is 0 Å². The quantitative estimate of drug-likeness (QED) is 0.281. The minimum atomic E-state index is -4.94. The van der Waals surface area contributed by atoms with Crippen molar-refractivity contribution in [2.75, 3.05) is 12.1 Å². The molecule has 2 aromatic heterocycles. The van der Waals surface area contributed by atoms with Crippen molar-refractivity contribution in [3.63, 3.8) is 0 Å². The molecule has 0 fully saturated rings. The summed E-state index contributed by atoms with van der Waals surface area (Å²) in [7, 11) is 0. The van der Waals surface area contributed by atoms with Gasteiger partial charge in [0, 0.05) is 16.6 Å². The molecule has 2 unspecified atom stereocenters. The first-order chi connectivity index (χ1) is 17.5. The van der Waals surface area contributed by atoms with Crippen LogP contribution in [0.5, 0.6) is 11.5 Å². The molecule has 0 bridgehead atoms. The number of anilines is 1. The molecule has 37 heavy (non-hydrogen) atoms. The normalized spacial score (nSPS) is 22.2. The summed E-state index contributed by atoms with van der Waals surface area (Å²) in [5, 5.41) is 19.2. The van der Waals surface area contributed by atoms with Gasteiger partial charge in [0.15, 0.2) is 17.1 Å². The fourth-order valence-corrected chi connectivity index (χ4v) is 5.54. The summed E-state index contributed by atoms with van der Waals surface area (Å²) in [5.74, 6) is 0.210. The Morgan fingerprint density at radius 2 is 1.89 bits per heavy atom. The molecule has 0 radical (unpaired) electrons. The lowest BCUT2D eigenvalue weighted by Crippen LogP contribution is -2.58. The lowest BCUT2D eigenvalue weighted by atomic mass is 9.63. The topological polar surface area (TPSA) is 81.4 Å². The van der Waals surface area contributed by atoms with Gasteiger partial charge in [-0.1, -0.05) is 26.0 Å². The smallest absolute Gasteiger partial charge is 0.419 e. The summed E-state index contributed by atoms with van der Waals surface area (Å²) < 4.78 is 69.6. The second-order valence-corrected chi connectivity index (χ2v) is 9.96. The lowest BCUT2D eigenvalue weighted by Gasteiger charge is -2.49. The van der Waals surface area contributed by atoms with Gasteiger partial charge in [0.1, 0.15) is 0 Å². The Morgan fingerprint density at radius 1 is 1.08 bits per heavy atom. The van der Waals surface area contributed by atoms with E-state index in [-0.39, 0.29) is 12.4 Å². The van der Waals surface area contributed by atoms with Crippen LogP contribution < -0.4 is 14.8 Å². The van der Waals surface area contributed by atoms with E-state index in [2.05, 4.69) is 15.4 Å². The van der Waals surface area contributed by atoms with Crippen LogP contribution in [0.15, 0.2) is 54.9 Å². The first-order valence-electron chi connectivity index (χ1n) is 11.6. The van der Waals surface area contributed by atoms with E-state index in [4.69, 9.17) is 9.47 Å². The van der Waals surface area contributed by atoms with Gasteiger partial charge < -0.3 is 19.9 Å².